The van der Waals surface area contributed by atoms with E-state index in [-0.39, 0.29) is 22.3 Å². The highest BCUT2D eigenvalue weighted by Gasteiger charge is 2.45. The Bertz CT molecular complexity index is 1480. The number of benzene rings is 1. The highest BCUT2D eigenvalue weighted by Crippen LogP contribution is 2.55. The van der Waals surface area contributed by atoms with Gasteiger partial charge in [0, 0.05) is 32.1 Å². The summed E-state index contributed by atoms with van der Waals surface area (Å²) in [6.45, 7) is 0. The van der Waals surface area contributed by atoms with Gasteiger partial charge in [-0.25, -0.2) is 13.8 Å². The van der Waals surface area contributed by atoms with Gasteiger partial charge in [-0.1, -0.05) is 0 Å². The molecule has 8 heteroatoms. The number of aromatic nitrogens is 2. The Morgan fingerprint density at radius 1 is 1.17 bits per heavy atom. The van der Waals surface area contributed by atoms with Crippen LogP contribution in [0.4, 0.5) is 14.6 Å². The SMILES string of the molecule is CN(C)c1ccc2c(=O)c(C(=O)NC3=C4CCC5CC(C3)CC45)cn(-c3ccc(F)cc3F)c2n1. The normalized spacial score (nSPS) is 22.7. The summed E-state index contributed by atoms with van der Waals surface area (Å²) in [5.74, 6) is 0.387. The summed E-state index contributed by atoms with van der Waals surface area (Å²) in [4.78, 5) is 33.2. The Morgan fingerprint density at radius 2 is 2.00 bits per heavy atom. The lowest BCUT2D eigenvalue weighted by atomic mass is 9.86. The van der Waals surface area contributed by atoms with Gasteiger partial charge in [0.05, 0.1) is 11.1 Å². The Balaban J connectivity index is 1.49. The number of rotatable bonds is 4. The molecule has 0 saturated heterocycles. The average molecular weight is 477 g/mol. The van der Waals surface area contributed by atoms with Crippen molar-refractivity contribution in [1.29, 1.82) is 0 Å². The number of hydrogen-bond donors (Lipinski definition) is 1. The predicted octanol–water partition coefficient (Wildman–Crippen LogP) is 4.55. The summed E-state index contributed by atoms with van der Waals surface area (Å²) in [5, 5.41) is 3.24. The molecule has 1 N–H and O–H groups in total. The number of fused-ring (bicyclic) bond motifs is 2. The van der Waals surface area contributed by atoms with E-state index in [0.717, 1.165) is 36.6 Å². The Labute approximate surface area is 201 Å². The Hall–Kier alpha value is -3.55. The minimum atomic E-state index is -0.816. The molecule has 6 nitrogen and oxygen atoms in total. The van der Waals surface area contributed by atoms with Crippen LogP contribution in [0.15, 0.2) is 52.6 Å². The molecule has 1 amide bonds. The number of amides is 1. The van der Waals surface area contributed by atoms with Crippen LogP contribution < -0.4 is 15.6 Å². The molecule has 35 heavy (non-hydrogen) atoms. The Morgan fingerprint density at radius 3 is 2.77 bits per heavy atom. The van der Waals surface area contributed by atoms with Crippen LogP contribution in [0.25, 0.3) is 16.7 Å². The third-order valence-electron chi connectivity index (χ3n) is 7.88. The second kappa shape index (κ2) is 8.00. The van der Waals surface area contributed by atoms with Crippen molar-refractivity contribution >= 4 is 22.8 Å². The molecule has 1 aromatic carbocycles. The van der Waals surface area contributed by atoms with Gasteiger partial charge in [0.25, 0.3) is 5.91 Å². The number of nitrogens with one attached hydrogen (secondary N) is 1. The summed E-state index contributed by atoms with van der Waals surface area (Å²) in [5.41, 5.74) is 1.92. The molecule has 3 unspecified atom stereocenters. The first-order valence-corrected chi connectivity index (χ1v) is 12.0. The summed E-state index contributed by atoms with van der Waals surface area (Å²) < 4.78 is 29.8. The summed E-state index contributed by atoms with van der Waals surface area (Å²) >= 11 is 0. The van der Waals surface area contributed by atoms with Crippen molar-refractivity contribution in [3.63, 3.8) is 0 Å². The molecule has 3 atom stereocenters. The molecule has 2 fully saturated rings. The van der Waals surface area contributed by atoms with E-state index in [1.165, 1.54) is 41.7 Å². The predicted molar refractivity (Wildman–Crippen MR) is 130 cm³/mol. The third kappa shape index (κ3) is 3.54. The Kier molecular flexibility index (Phi) is 5.02. The summed E-state index contributed by atoms with van der Waals surface area (Å²) in [6, 6.07) is 6.47. The number of allylic oxidation sites excluding steroid dienone is 2. The largest absolute Gasteiger partial charge is 0.363 e. The van der Waals surface area contributed by atoms with Crippen molar-refractivity contribution in [2.24, 2.45) is 17.8 Å². The lowest BCUT2D eigenvalue weighted by molar-refractivity contribution is 0.0960. The van der Waals surface area contributed by atoms with Crippen LogP contribution in [0, 0.1) is 29.4 Å². The molecule has 2 heterocycles. The van der Waals surface area contributed by atoms with Crippen LogP contribution in [0.1, 0.15) is 42.5 Å². The topological polar surface area (TPSA) is 67.2 Å². The number of carbonyl (C=O) groups excluding carboxylic acids is 1. The minimum absolute atomic E-state index is 0.00484. The van der Waals surface area contributed by atoms with Crippen molar-refractivity contribution in [2.75, 3.05) is 19.0 Å². The fourth-order valence-electron chi connectivity index (χ4n) is 6.27. The van der Waals surface area contributed by atoms with Crippen LogP contribution in [0.5, 0.6) is 0 Å². The van der Waals surface area contributed by atoms with E-state index in [9.17, 15) is 18.4 Å². The fraction of sp³-hybridized carbons (Fsp3) is 0.370. The molecular formula is C27H26F2N4O2. The van der Waals surface area contributed by atoms with Gasteiger partial charge >= 0.3 is 0 Å². The van der Waals surface area contributed by atoms with Gasteiger partial charge < -0.3 is 10.2 Å². The van der Waals surface area contributed by atoms with Gasteiger partial charge in [0.1, 0.15) is 23.0 Å². The maximum atomic E-state index is 14.8. The van der Waals surface area contributed by atoms with Crippen LogP contribution in [0.2, 0.25) is 0 Å². The fourth-order valence-corrected chi connectivity index (χ4v) is 6.27. The smallest absolute Gasteiger partial charge is 0.260 e. The maximum absolute atomic E-state index is 14.8. The second-order valence-corrected chi connectivity index (χ2v) is 10.2. The second-order valence-electron chi connectivity index (χ2n) is 10.2. The van der Waals surface area contributed by atoms with Crippen molar-refractivity contribution in [3.05, 3.63) is 75.2 Å². The zero-order valence-electron chi connectivity index (χ0n) is 19.6. The number of anilines is 1. The van der Waals surface area contributed by atoms with Gasteiger partial charge in [-0.15, -0.1) is 0 Å². The van der Waals surface area contributed by atoms with Gasteiger partial charge in [-0.05, 0) is 79.7 Å². The lowest BCUT2D eigenvalue weighted by Gasteiger charge is -2.25. The summed E-state index contributed by atoms with van der Waals surface area (Å²) in [6.07, 6.45) is 6.73. The maximum Gasteiger partial charge on any atom is 0.260 e. The van der Waals surface area contributed by atoms with Crippen LogP contribution in [0.3, 0.4) is 0 Å². The zero-order chi connectivity index (χ0) is 24.4. The van der Waals surface area contributed by atoms with Crippen molar-refractivity contribution in [2.45, 2.75) is 32.1 Å². The minimum Gasteiger partial charge on any atom is -0.363 e. The van der Waals surface area contributed by atoms with Gasteiger partial charge in [-0.3, -0.25) is 14.2 Å². The van der Waals surface area contributed by atoms with E-state index < -0.39 is 23.0 Å². The first kappa shape index (κ1) is 21.9. The van der Waals surface area contributed by atoms with E-state index >= 15 is 0 Å². The van der Waals surface area contributed by atoms with Gasteiger partial charge in [-0.2, -0.15) is 0 Å². The molecule has 3 aromatic rings. The molecule has 3 aliphatic carbocycles. The highest BCUT2D eigenvalue weighted by atomic mass is 19.1. The first-order chi connectivity index (χ1) is 16.8. The van der Waals surface area contributed by atoms with E-state index in [0.29, 0.717) is 17.7 Å². The first-order valence-electron chi connectivity index (χ1n) is 12.0. The third-order valence-corrected chi connectivity index (χ3v) is 7.88. The molecule has 2 saturated carbocycles. The van der Waals surface area contributed by atoms with E-state index in [1.54, 1.807) is 31.1 Å². The van der Waals surface area contributed by atoms with E-state index in [2.05, 4.69) is 10.3 Å². The monoisotopic (exact) mass is 476 g/mol. The number of carbonyl (C=O) groups is 1. The number of pyridine rings is 2. The quantitative estimate of drug-likeness (QED) is 0.600. The molecule has 0 radical (unpaired) electrons. The van der Waals surface area contributed by atoms with Crippen molar-refractivity contribution in [1.82, 2.24) is 14.9 Å². The van der Waals surface area contributed by atoms with E-state index in [4.69, 9.17) is 0 Å². The standard InChI is InChI=1S/C27H26F2N4O2/c1-32(2)24-8-6-18-25(34)20(13-33(26(18)31-24)23-7-4-16(28)12-21(23)29)27(35)30-22-11-14-9-15-3-5-17(22)19(15)10-14/h4,6-8,12-15,19H,3,5,9-11H2,1-2H3,(H,30,35). The molecule has 0 aliphatic heterocycles. The number of halogens is 2. The number of hydrogen-bond acceptors (Lipinski definition) is 4. The molecule has 3 aliphatic rings. The molecule has 180 valence electrons. The zero-order valence-corrected chi connectivity index (χ0v) is 19.6. The van der Waals surface area contributed by atoms with Crippen LogP contribution in [-0.2, 0) is 0 Å². The highest BCUT2D eigenvalue weighted by molar-refractivity contribution is 5.98. The van der Waals surface area contributed by atoms with Crippen LogP contribution >= 0.6 is 0 Å². The molecular weight excluding hydrogens is 450 g/mol. The van der Waals surface area contributed by atoms with Crippen molar-refractivity contribution in [3.8, 4) is 5.69 Å². The van der Waals surface area contributed by atoms with Gasteiger partial charge in [0.15, 0.2) is 5.65 Å². The van der Waals surface area contributed by atoms with Crippen molar-refractivity contribution < 1.29 is 13.6 Å². The molecule has 2 aromatic heterocycles. The number of nitrogens with zero attached hydrogens (tertiary/aromatic N) is 3. The molecule has 6 rings (SSSR count). The summed E-state index contributed by atoms with van der Waals surface area (Å²) in [7, 11) is 3.60. The van der Waals surface area contributed by atoms with E-state index in [1.807, 2.05) is 0 Å². The molecule has 0 spiro atoms. The van der Waals surface area contributed by atoms with Crippen LogP contribution in [-0.4, -0.2) is 29.6 Å². The lowest BCUT2D eigenvalue weighted by Crippen LogP contribution is -2.32. The van der Waals surface area contributed by atoms with Gasteiger partial charge in [0.2, 0.25) is 5.43 Å². The molecule has 2 bridgehead atoms. The average Bonchev–Trinajstić information content (AvgIpc) is 3.36.